The molecule has 1 fully saturated rings. The van der Waals surface area contributed by atoms with E-state index in [9.17, 15) is 10.2 Å². The lowest BCUT2D eigenvalue weighted by Crippen LogP contribution is -2.26. The summed E-state index contributed by atoms with van der Waals surface area (Å²) in [5.41, 5.74) is 0.882. The summed E-state index contributed by atoms with van der Waals surface area (Å²) in [5.74, 6) is 0.231. The van der Waals surface area contributed by atoms with E-state index >= 15 is 0 Å². The van der Waals surface area contributed by atoms with Gasteiger partial charge in [0.25, 0.3) is 0 Å². The molecule has 0 spiro atoms. The quantitative estimate of drug-likeness (QED) is 0.869. The minimum absolute atomic E-state index is 0.231. The van der Waals surface area contributed by atoms with Crippen molar-refractivity contribution in [2.24, 2.45) is 5.92 Å². The highest BCUT2D eigenvalue weighted by Gasteiger charge is 2.25. The van der Waals surface area contributed by atoms with E-state index in [0.29, 0.717) is 11.4 Å². The van der Waals surface area contributed by atoms with Crippen LogP contribution in [0.25, 0.3) is 0 Å². The average Bonchev–Trinajstić information content (AvgIpc) is 2.33. The second kappa shape index (κ2) is 5.85. The summed E-state index contributed by atoms with van der Waals surface area (Å²) in [7, 11) is 0. The van der Waals surface area contributed by atoms with Crippen molar-refractivity contribution in [2.75, 3.05) is 0 Å². The summed E-state index contributed by atoms with van der Waals surface area (Å²) in [5, 5.41) is 20.7. The lowest BCUT2D eigenvalue weighted by atomic mass is 9.82. The molecule has 0 saturated heterocycles. The van der Waals surface area contributed by atoms with Crippen LogP contribution in [-0.2, 0) is 0 Å². The molecule has 0 radical (unpaired) electrons. The van der Waals surface area contributed by atoms with Gasteiger partial charge in [0.1, 0.15) is 0 Å². The topological polar surface area (TPSA) is 40.5 Å². The van der Waals surface area contributed by atoms with Gasteiger partial charge in [0.05, 0.1) is 12.2 Å². The maximum atomic E-state index is 10.1. The van der Waals surface area contributed by atoms with Gasteiger partial charge in [0.2, 0.25) is 0 Å². The minimum Gasteiger partial charge on any atom is -0.393 e. The largest absolute Gasteiger partial charge is 0.393 e. The third kappa shape index (κ3) is 3.44. The van der Waals surface area contributed by atoms with Crippen LogP contribution in [0.2, 0.25) is 5.02 Å². The minimum atomic E-state index is -0.495. The van der Waals surface area contributed by atoms with Gasteiger partial charge in [-0.25, -0.2) is 0 Å². The Bertz CT molecular complexity index is 350. The highest BCUT2D eigenvalue weighted by atomic mass is 35.5. The molecule has 17 heavy (non-hydrogen) atoms. The van der Waals surface area contributed by atoms with Gasteiger partial charge in [-0.1, -0.05) is 36.6 Å². The second-order valence-electron chi connectivity index (χ2n) is 4.91. The van der Waals surface area contributed by atoms with Gasteiger partial charge in [-0.15, -0.1) is 0 Å². The Morgan fingerprint density at radius 1 is 1.18 bits per heavy atom. The zero-order valence-electron chi connectivity index (χ0n) is 9.85. The molecule has 1 aromatic rings. The average molecular weight is 255 g/mol. The van der Waals surface area contributed by atoms with Gasteiger partial charge >= 0.3 is 0 Å². The molecule has 0 heterocycles. The molecule has 2 N–H and O–H groups in total. The molecule has 0 aliphatic heterocycles. The SMILES string of the molecule is OC(CC1CCCCC1O)c1ccc(Cl)cc1. The van der Waals surface area contributed by atoms with Crippen LogP contribution in [0.3, 0.4) is 0 Å². The van der Waals surface area contributed by atoms with Crippen molar-refractivity contribution in [3.05, 3.63) is 34.9 Å². The van der Waals surface area contributed by atoms with Crippen LogP contribution in [0.1, 0.15) is 43.8 Å². The number of aliphatic hydroxyl groups excluding tert-OH is 2. The summed E-state index contributed by atoms with van der Waals surface area (Å²) in [6, 6.07) is 7.28. The van der Waals surface area contributed by atoms with Crippen molar-refractivity contribution in [1.82, 2.24) is 0 Å². The van der Waals surface area contributed by atoms with E-state index in [1.165, 1.54) is 0 Å². The number of benzene rings is 1. The van der Waals surface area contributed by atoms with Crippen molar-refractivity contribution < 1.29 is 10.2 Å². The summed E-state index contributed by atoms with van der Waals surface area (Å²) >= 11 is 5.81. The lowest BCUT2D eigenvalue weighted by Gasteiger charge is -2.29. The highest BCUT2D eigenvalue weighted by molar-refractivity contribution is 6.30. The van der Waals surface area contributed by atoms with Gasteiger partial charge in [0.15, 0.2) is 0 Å². The predicted molar refractivity (Wildman–Crippen MR) is 69.0 cm³/mol. The number of hydrogen-bond acceptors (Lipinski definition) is 2. The van der Waals surface area contributed by atoms with Crippen LogP contribution in [-0.4, -0.2) is 16.3 Å². The van der Waals surface area contributed by atoms with Gasteiger partial charge in [0, 0.05) is 5.02 Å². The fourth-order valence-corrected chi connectivity index (χ4v) is 2.70. The maximum Gasteiger partial charge on any atom is 0.0793 e. The van der Waals surface area contributed by atoms with Crippen molar-refractivity contribution in [1.29, 1.82) is 0 Å². The Morgan fingerprint density at radius 3 is 2.47 bits per heavy atom. The fraction of sp³-hybridized carbons (Fsp3) is 0.571. The molecule has 0 amide bonds. The van der Waals surface area contributed by atoms with Gasteiger partial charge in [-0.3, -0.25) is 0 Å². The first-order chi connectivity index (χ1) is 8.16. The molecule has 1 saturated carbocycles. The van der Waals surface area contributed by atoms with Crippen LogP contribution in [0, 0.1) is 5.92 Å². The smallest absolute Gasteiger partial charge is 0.0793 e. The molecule has 3 atom stereocenters. The Balaban J connectivity index is 1.95. The lowest BCUT2D eigenvalue weighted by molar-refractivity contribution is 0.0334. The van der Waals surface area contributed by atoms with E-state index in [2.05, 4.69) is 0 Å². The molecule has 94 valence electrons. The molecule has 3 heteroatoms. The number of halogens is 1. The Kier molecular flexibility index (Phi) is 4.43. The second-order valence-corrected chi connectivity index (χ2v) is 5.35. The molecule has 0 aromatic heterocycles. The van der Waals surface area contributed by atoms with Crippen LogP contribution >= 0.6 is 11.6 Å². The molecule has 0 bridgehead atoms. The summed E-state index contributed by atoms with van der Waals surface area (Å²) in [6.45, 7) is 0. The number of rotatable bonds is 3. The van der Waals surface area contributed by atoms with Crippen molar-refractivity contribution in [3.8, 4) is 0 Å². The van der Waals surface area contributed by atoms with Crippen LogP contribution < -0.4 is 0 Å². The van der Waals surface area contributed by atoms with E-state index in [-0.39, 0.29) is 12.0 Å². The molecule has 2 nitrogen and oxygen atoms in total. The van der Waals surface area contributed by atoms with Crippen LogP contribution in [0.5, 0.6) is 0 Å². The summed E-state index contributed by atoms with van der Waals surface area (Å²) < 4.78 is 0. The van der Waals surface area contributed by atoms with Crippen molar-refractivity contribution in [2.45, 2.75) is 44.3 Å². The predicted octanol–water partition coefficient (Wildman–Crippen LogP) is 3.31. The van der Waals surface area contributed by atoms with Gasteiger partial charge in [-0.05, 0) is 42.9 Å². The molecular formula is C14H19ClO2. The van der Waals surface area contributed by atoms with Gasteiger partial charge < -0.3 is 10.2 Å². The van der Waals surface area contributed by atoms with Crippen molar-refractivity contribution in [3.63, 3.8) is 0 Å². The fourth-order valence-electron chi connectivity index (χ4n) is 2.57. The Morgan fingerprint density at radius 2 is 1.82 bits per heavy atom. The number of aliphatic hydroxyl groups is 2. The van der Waals surface area contributed by atoms with E-state index in [1.807, 2.05) is 12.1 Å². The molecular weight excluding hydrogens is 236 g/mol. The maximum absolute atomic E-state index is 10.1. The van der Waals surface area contributed by atoms with E-state index in [4.69, 9.17) is 11.6 Å². The molecule has 3 unspecified atom stereocenters. The molecule has 1 aliphatic rings. The van der Waals surface area contributed by atoms with Gasteiger partial charge in [-0.2, -0.15) is 0 Å². The molecule has 1 aromatic carbocycles. The third-order valence-electron chi connectivity index (χ3n) is 3.65. The highest BCUT2D eigenvalue weighted by Crippen LogP contribution is 2.32. The molecule has 1 aliphatic carbocycles. The normalized spacial score (nSPS) is 26.8. The first-order valence-corrected chi connectivity index (χ1v) is 6.66. The monoisotopic (exact) mass is 254 g/mol. The van der Waals surface area contributed by atoms with Crippen LogP contribution in [0.4, 0.5) is 0 Å². The standard InChI is InChI=1S/C14H19ClO2/c15-12-7-5-10(6-8-12)14(17)9-11-3-1-2-4-13(11)16/h5-8,11,13-14,16-17H,1-4,9H2. The van der Waals surface area contributed by atoms with E-state index in [0.717, 1.165) is 31.2 Å². The van der Waals surface area contributed by atoms with E-state index < -0.39 is 6.10 Å². The Hall–Kier alpha value is -0.570. The van der Waals surface area contributed by atoms with Crippen LogP contribution in [0.15, 0.2) is 24.3 Å². The Labute approximate surface area is 107 Å². The summed E-state index contributed by atoms with van der Waals surface area (Å²) in [4.78, 5) is 0. The summed E-state index contributed by atoms with van der Waals surface area (Å²) in [6.07, 6.45) is 4.06. The zero-order chi connectivity index (χ0) is 12.3. The van der Waals surface area contributed by atoms with Crippen molar-refractivity contribution >= 4 is 11.6 Å². The molecule has 2 rings (SSSR count). The zero-order valence-corrected chi connectivity index (χ0v) is 10.6. The first kappa shape index (κ1) is 12.9. The first-order valence-electron chi connectivity index (χ1n) is 6.28. The third-order valence-corrected chi connectivity index (χ3v) is 3.90. The number of hydrogen-bond donors (Lipinski definition) is 2. The van der Waals surface area contributed by atoms with E-state index in [1.54, 1.807) is 12.1 Å².